The molecule has 4 heteroatoms. The van der Waals surface area contributed by atoms with Crippen LogP contribution in [0.3, 0.4) is 0 Å². The maximum Gasteiger partial charge on any atom is 0.192 e. The van der Waals surface area contributed by atoms with Crippen LogP contribution in [0.25, 0.3) is 0 Å². The lowest BCUT2D eigenvalue weighted by Crippen LogP contribution is -2.46. The molecule has 1 aromatic carbocycles. The van der Waals surface area contributed by atoms with Gasteiger partial charge in [-0.2, -0.15) is 0 Å². The van der Waals surface area contributed by atoms with Gasteiger partial charge in [0.15, 0.2) is 5.78 Å². The zero-order valence-electron chi connectivity index (χ0n) is 12.6. The number of Topliss-reactive ketones (excluding diaryl/α,β-unsaturated/α-hetero) is 1. The maximum atomic E-state index is 12.5. The first-order valence-electron chi connectivity index (χ1n) is 7.91. The average molecular weight is 289 g/mol. The Morgan fingerprint density at radius 1 is 1.33 bits per heavy atom. The summed E-state index contributed by atoms with van der Waals surface area (Å²) < 4.78 is 11.4. The van der Waals surface area contributed by atoms with E-state index in [2.05, 4.69) is 11.8 Å². The zero-order chi connectivity index (χ0) is 14.7. The Morgan fingerprint density at radius 2 is 2.10 bits per heavy atom. The second-order valence-corrected chi connectivity index (χ2v) is 5.87. The monoisotopic (exact) mass is 289 g/mol. The van der Waals surface area contributed by atoms with E-state index in [4.69, 9.17) is 9.47 Å². The van der Waals surface area contributed by atoms with Gasteiger partial charge in [-0.3, -0.25) is 9.69 Å². The molecule has 1 unspecified atom stereocenters. The van der Waals surface area contributed by atoms with Crippen molar-refractivity contribution in [2.75, 3.05) is 26.2 Å². The third-order valence-corrected chi connectivity index (χ3v) is 3.95. The van der Waals surface area contributed by atoms with E-state index in [1.165, 1.54) is 0 Å². The first kappa shape index (κ1) is 14.5. The number of ketones is 1. The number of nitrogens with zero attached hydrogens (tertiary/aromatic N) is 1. The van der Waals surface area contributed by atoms with Gasteiger partial charge in [-0.15, -0.1) is 0 Å². The van der Waals surface area contributed by atoms with Crippen molar-refractivity contribution in [3.63, 3.8) is 0 Å². The van der Waals surface area contributed by atoms with Crippen molar-refractivity contribution in [2.45, 2.75) is 38.4 Å². The Morgan fingerprint density at radius 3 is 2.76 bits per heavy atom. The Bertz CT molecular complexity index is 479. The summed E-state index contributed by atoms with van der Waals surface area (Å²) in [5.74, 6) is 0.931. The molecular formula is C17H23NO3. The van der Waals surface area contributed by atoms with Crippen LogP contribution in [0, 0.1) is 0 Å². The minimum absolute atomic E-state index is 0.0776. The molecule has 114 valence electrons. The molecule has 1 heterocycles. The fourth-order valence-electron chi connectivity index (χ4n) is 2.64. The third kappa shape index (κ3) is 3.83. The number of carbonyl (C=O) groups is 1. The van der Waals surface area contributed by atoms with E-state index in [9.17, 15) is 4.79 Å². The van der Waals surface area contributed by atoms with Crippen molar-refractivity contribution in [3.05, 3.63) is 29.8 Å². The molecule has 0 spiro atoms. The zero-order valence-corrected chi connectivity index (χ0v) is 12.6. The Labute approximate surface area is 126 Å². The van der Waals surface area contributed by atoms with Crippen LogP contribution < -0.4 is 4.74 Å². The largest absolute Gasteiger partial charge is 0.490 e. The second kappa shape index (κ2) is 6.58. The van der Waals surface area contributed by atoms with Gasteiger partial charge in [-0.1, -0.05) is 6.92 Å². The van der Waals surface area contributed by atoms with Crippen molar-refractivity contribution < 1.29 is 14.3 Å². The highest BCUT2D eigenvalue weighted by molar-refractivity contribution is 5.99. The van der Waals surface area contributed by atoms with E-state index in [1.807, 2.05) is 24.3 Å². The van der Waals surface area contributed by atoms with Crippen molar-refractivity contribution >= 4 is 5.78 Å². The van der Waals surface area contributed by atoms with Gasteiger partial charge in [0, 0.05) is 18.7 Å². The Balaban J connectivity index is 1.60. The lowest BCUT2D eigenvalue weighted by Gasteiger charge is -2.31. The molecule has 4 nitrogen and oxygen atoms in total. The molecule has 0 aromatic heterocycles. The summed E-state index contributed by atoms with van der Waals surface area (Å²) in [6.07, 6.45) is 3.44. The van der Waals surface area contributed by atoms with Crippen LogP contribution in [0.5, 0.6) is 5.75 Å². The fourth-order valence-corrected chi connectivity index (χ4v) is 2.64. The van der Waals surface area contributed by atoms with Crippen LogP contribution in [0.4, 0.5) is 0 Å². The number of hydrogen-bond acceptors (Lipinski definition) is 4. The lowest BCUT2D eigenvalue weighted by molar-refractivity contribution is -0.0163. The third-order valence-electron chi connectivity index (χ3n) is 3.95. The topological polar surface area (TPSA) is 38.8 Å². The lowest BCUT2D eigenvalue weighted by atomic mass is 10.0. The number of morpholine rings is 1. The maximum absolute atomic E-state index is 12.5. The summed E-state index contributed by atoms with van der Waals surface area (Å²) in [7, 11) is 0. The predicted molar refractivity (Wildman–Crippen MR) is 80.9 cm³/mol. The minimum atomic E-state index is -0.333. The average Bonchev–Trinajstić information content (AvgIpc) is 3.32. The molecule has 3 rings (SSSR count). The minimum Gasteiger partial charge on any atom is -0.490 e. The summed E-state index contributed by atoms with van der Waals surface area (Å²) in [5.41, 5.74) is 0.710. The van der Waals surface area contributed by atoms with Crippen LogP contribution in [0.15, 0.2) is 24.3 Å². The van der Waals surface area contributed by atoms with Crippen LogP contribution >= 0.6 is 0 Å². The number of ether oxygens (including phenoxy) is 2. The van der Waals surface area contributed by atoms with Crippen LogP contribution in [0.2, 0.25) is 0 Å². The van der Waals surface area contributed by atoms with Gasteiger partial charge >= 0.3 is 0 Å². The molecule has 0 bridgehead atoms. The van der Waals surface area contributed by atoms with Gasteiger partial charge in [-0.05, 0) is 50.1 Å². The SMILES string of the molecule is CCCN1CCOC(C(=O)c2ccc(OC3CC3)cc2)C1. The normalized spacial score (nSPS) is 23.0. The summed E-state index contributed by atoms with van der Waals surface area (Å²) in [5, 5.41) is 0. The molecule has 0 radical (unpaired) electrons. The smallest absolute Gasteiger partial charge is 0.192 e. The summed E-state index contributed by atoms with van der Waals surface area (Å²) in [6, 6.07) is 7.47. The molecule has 0 N–H and O–H groups in total. The van der Waals surface area contributed by atoms with Crippen molar-refractivity contribution in [2.24, 2.45) is 0 Å². The van der Waals surface area contributed by atoms with E-state index in [-0.39, 0.29) is 11.9 Å². The molecule has 1 saturated heterocycles. The Kier molecular flexibility index (Phi) is 4.56. The highest BCUT2D eigenvalue weighted by atomic mass is 16.5. The van der Waals surface area contributed by atoms with E-state index in [0.29, 0.717) is 24.8 Å². The molecule has 1 aliphatic heterocycles. The van der Waals surface area contributed by atoms with Gasteiger partial charge < -0.3 is 9.47 Å². The standard InChI is InChI=1S/C17H23NO3/c1-2-9-18-10-11-20-16(12-18)17(19)13-3-5-14(6-4-13)21-15-7-8-15/h3-6,15-16H,2,7-12H2,1H3. The number of rotatable bonds is 6. The van der Waals surface area contributed by atoms with E-state index >= 15 is 0 Å². The van der Waals surface area contributed by atoms with Gasteiger partial charge in [0.2, 0.25) is 0 Å². The van der Waals surface area contributed by atoms with Crippen LogP contribution in [-0.2, 0) is 4.74 Å². The molecule has 1 aliphatic carbocycles. The first-order valence-corrected chi connectivity index (χ1v) is 7.91. The second-order valence-electron chi connectivity index (χ2n) is 5.87. The quantitative estimate of drug-likeness (QED) is 0.754. The first-order chi connectivity index (χ1) is 10.3. The molecular weight excluding hydrogens is 266 g/mol. The number of hydrogen-bond donors (Lipinski definition) is 0. The highest BCUT2D eigenvalue weighted by Gasteiger charge is 2.27. The fraction of sp³-hybridized carbons (Fsp3) is 0.588. The summed E-state index contributed by atoms with van der Waals surface area (Å²) in [4.78, 5) is 14.8. The van der Waals surface area contributed by atoms with Gasteiger partial charge in [0.1, 0.15) is 11.9 Å². The van der Waals surface area contributed by atoms with E-state index in [1.54, 1.807) is 0 Å². The Hall–Kier alpha value is -1.39. The highest BCUT2D eigenvalue weighted by Crippen LogP contribution is 2.27. The van der Waals surface area contributed by atoms with Gasteiger partial charge in [0.25, 0.3) is 0 Å². The van der Waals surface area contributed by atoms with Crippen LogP contribution in [-0.4, -0.2) is 49.1 Å². The molecule has 2 aliphatic rings. The predicted octanol–water partition coefficient (Wildman–Crippen LogP) is 2.52. The van der Waals surface area contributed by atoms with Gasteiger partial charge in [0.05, 0.1) is 12.7 Å². The molecule has 21 heavy (non-hydrogen) atoms. The summed E-state index contributed by atoms with van der Waals surface area (Å²) in [6.45, 7) is 5.45. The van der Waals surface area contributed by atoms with Crippen LogP contribution in [0.1, 0.15) is 36.5 Å². The molecule has 0 amide bonds. The van der Waals surface area contributed by atoms with E-state index in [0.717, 1.165) is 38.1 Å². The van der Waals surface area contributed by atoms with Crippen molar-refractivity contribution in [3.8, 4) is 5.75 Å². The number of carbonyl (C=O) groups excluding carboxylic acids is 1. The molecule has 1 saturated carbocycles. The van der Waals surface area contributed by atoms with Crippen molar-refractivity contribution in [1.29, 1.82) is 0 Å². The summed E-state index contributed by atoms with van der Waals surface area (Å²) >= 11 is 0. The van der Waals surface area contributed by atoms with Crippen molar-refractivity contribution in [1.82, 2.24) is 4.90 Å². The molecule has 2 fully saturated rings. The molecule has 1 atom stereocenters. The van der Waals surface area contributed by atoms with E-state index < -0.39 is 0 Å². The number of benzene rings is 1. The van der Waals surface area contributed by atoms with Gasteiger partial charge in [-0.25, -0.2) is 0 Å². The molecule has 1 aromatic rings.